The summed E-state index contributed by atoms with van der Waals surface area (Å²) in [6.45, 7) is 10.5. The van der Waals surface area contributed by atoms with Crippen molar-refractivity contribution in [1.82, 2.24) is 14.7 Å². The molecule has 2 saturated heterocycles. The zero-order chi connectivity index (χ0) is 53.5. The fourth-order valence-electron chi connectivity index (χ4n) is 10.4. The molecule has 11 heteroatoms. The number of rotatable bonds is 18. The van der Waals surface area contributed by atoms with Gasteiger partial charge in [-0.1, -0.05) is 170 Å². The molecular weight excluding hydrogens is 939 g/mol. The number of amides is 3. The van der Waals surface area contributed by atoms with Gasteiger partial charge in [0.1, 0.15) is 23.2 Å². The zero-order valence-electron chi connectivity index (χ0n) is 44.1. The smallest absolute Gasteiger partial charge is 0.411 e. The zero-order valence-corrected chi connectivity index (χ0v) is 44.1. The van der Waals surface area contributed by atoms with Crippen molar-refractivity contribution in [3.05, 3.63) is 192 Å². The van der Waals surface area contributed by atoms with E-state index in [0.29, 0.717) is 45.4 Å². The maximum absolute atomic E-state index is 14.0. The van der Waals surface area contributed by atoms with Gasteiger partial charge in [0, 0.05) is 45.6 Å². The van der Waals surface area contributed by atoms with Crippen LogP contribution in [0.1, 0.15) is 82.6 Å². The van der Waals surface area contributed by atoms with Gasteiger partial charge in [0.2, 0.25) is 11.8 Å². The number of Topliss-reactive ketones (excluding diaryl/α,β-unsaturated/α-hetero) is 2. The fourth-order valence-corrected chi connectivity index (χ4v) is 10.4. The van der Waals surface area contributed by atoms with Crippen LogP contribution < -0.4 is 0 Å². The van der Waals surface area contributed by atoms with Crippen LogP contribution in [0.2, 0.25) is 0 Å². The van der Waals surface area contributed by atoms with E-state index in [4.69, 9.17) is 4.74 Å². The van der Waals surface area contributed by atoms with Gasteiger partial charge in [0.15, 0.2) is 0 Å². The highest BCUT2D eigenvalue weighted by Crippen LogP contribution is 2.32. The molecule has 0 radical (unpaired) electrons. The topological polar surface area (TPSA) is 145 Å². The average Bonchev–Trinajstić information content (AvgIpc) is 3.40. The number of carbonyl (C=O) groups is 5. The third-order valence-electron chi connectivity index (χ3n) is 14.0. The van der Waals surface area contributed by atoms with Crippen molar-refractivity contribution >= 4 is 29.5 Å². The molecule has 6 atom stereocenters. The van der Waals surface area contributed by atoms with E-state index >= 15 is 0 Å². The number of piperidine rings is 1. The van der Waals surface area contributed by atoms with Crippen molar-refractivity contribution < 1.29 is 38.9 Å². The summed E-state index contributed by atoms with van der Waals surface area (Å²) in [6, 6.07) is 54.8. The average molecular weight is 1010 g/mol. The van der Waals surface area contributed by atoms with E-state index in [1.54, 1.807) is 32.6 Å². The molecule has 2 heterocycles. The van der Waals surface area contributed by atoms with E-state index in [0.717, 1.165) is 50.9 Å². The predicted molar refractivity (Wildman–Crippen MR) is 294 cm³/mol. The Kier molecular flexibility index (Phi) is 19.5. The molecular formula is C64H73N3O8. The monoisotopic (exact) mass is 1010 g/mol. The minimum Gasteiger partial charge on any atom is -0.444 e. The number of ether oxygens (including phenoxy) is 1. The van der Waals surface area contributed by atoms with E-state index in [-0.39, 0.29) is 48.7 Å². The quantitative estimate of drug-likeness (QED) is 0.0866. The first-order valence-corrected chi connectivity index (χ1v) is 26.3. The molecule has 75 heavy (non-hydrogen) atoms. The summed E-state index contributed by atoms with van der Waals surface area (Å²) >= 11 is 0. The van der Waals surface area contributed by atoms with Crippen LogP contribution >= 0.6 is 0 Å². The highest BCUT2D eigenvalue weighted by molar-refractivity contribution is 5.88. The van der Waals surface area contributed by atoms with Crippen LogP contribution in [0, 0.1) is 17.8 Å². The number of carbonyl (C=O) groups excluding carboxylic acids is 5. The maximum Gasteiger partial charge on any atom is 0.411 e. The highest BCUT2D eigenvalue weighted by Gasteiger charge is 2.46. The van der Waals surface area contributed by atoms with Crippen LogP contribution in [-0.4, -0.2) is 97.9 Å². The van der Waals surface area contributed by atoms with Crippen molar-refractivity contribution in [1.29, 1.82) is 0 Å². The molecule has 0 saturated carbocycles. The summed E-state index contributed by atoms with van der Waals surface area (Å²) in [5, 5.41) is 23.2. The molecule has 3 amide bonds. The Bertz CT molecular complexity index is 2820. The van der Waals surface area contributed by atoms with Gasteiger partial charge in [0.05, 0.1) is 18.1 Å². The number of benzene rings is 6. The van der Waals surface area contributed by atoms with Gasteiger partial charge in [-0.2, -0.15) is 0 Å². The Labute approximate surface area is 443 Å². The second-order valence-corrected chi connectivity index (χ2v) is 21.2. The van der Waals surface area contributed by atoms with Crippen LogP contribution in [0.4, 0.5) is 4.79 Å². The molecule has 2 N–H and O–H groups in total. The van der Waals surface area contributed by atoms with Gasteiger partial charge in [0.25, 0.3) is 0 Å². The highest BCUT2D eigenvalue weighted by atomic mass is 16.6. The number of nitrogens with zero attached hydrogens (tertiary/aromatic N) is 3. The molecule has 6 aromatic carbocycles. The number of aliphatic hydroxyl groups is 2. The number of ketones is 2. The lowest BCUT2D eigenvalue weighted by Crippen LogP contribution is -2.64. The molecule has 0 bridgehead atoms. The first kappa shape index (κ1) is 55.5. The van der Waals surface area contributed by atoms with Gasteiger partial charge in [-0.3, -0.25) is 14.5 Å². The van der Waals surface area contributed by atoms with Gasteiger partial charge >= 0.3 is 6.09 Å². The first-order chi connectivity index (χ1) is 36.0. The fraction of sp³-hybridized carbons (Fsp3) is 0.359. The summed E-state index contributed by atoms with van der Waals surface area (Å²) < 4.78 is 5.64. The minimum atomic E-state index is -1.28. The Morgan fingerprint density at radius 1 is 0.533 bits per heavy atom. The van der Waals surface area contributed by atoms with Crippen molar-refractivity contribution in [2.24, 2.45) is 17.8 Å². The van der Waals surface area contributed by atoms with Crippen LogP contribution in [-0.2, 0) is 49.8 Å². The molecule has 2 aliphatic heterocycles. The summed E-state index contributed by atoms with van der Waals surface area (Å²) in [5.74, 6) is -1.78. The molecule has 11 nitrogen and oxygen atoms in total. The van der Waals surface area contributed by atoms with Gasteiger partial charge < -0.3 is 34.3 Å². The number of hydrogen-bond donors (Lipinski definition) is 2. The van der Waals surface area contributed by atoms with E-state index in [9.17, 15) is 34.2 Å². The molecule has 0 spiro atoms. The minimum absolute atomic E-state index is 0.00538. The molecule has 8 rings (SSSR count). The van der Waals surface area contributed by atoms with Crippen LogP contribution in [0.15, 0.2) is 170 Å². The first-order valence-electron chi connectivity index (χ1n) is 26.3. The van der Waals surface area contributed by atoms with Gasteiger partial charge in [-0.15, -0.1) is 0 Å². The number of piperazine rings is 1. The lowest BCUT2D eigenvalue weighted by Gasteiger charge is -2.44. The predicted octanol–water partition coefficient (Wildman–Crippen LogP) is 10.8. The second-order valence-electron chi connectivity index (χ2n) is 21.2. The number of hydrogen-bond acceptors (Lipinski definition) is 8. The Morgan fingerprint density at radius 2 is 0.947 bits per heavy atom. The Morgan fingerprint density at radius 3 is 1.40 bits per heavy atom. The third kappa shape index (κ3) is 15.9. The lowest BCUT2D eigenvalue weighted by atomic mass is 9.79. The summed E-state index contributed by atoms with van der Waals surface area (Å²) in [6.07, 6.45) is -0.00766. The maximum atomic E-state index is 14.0. The number of likely N-dealkylation sites (tertiary alicyclic amines) is 1. The summed E-state index contributed by atoms with van der Waals surface area (Å²) in [7, 11) is 0. The normalized spacial score (nSPS) is 17.5. The Balaban J connectivity index is 0.000000222. The largest absolute Gasteiger partial charge is 0.444 e. The van der Waals surface area contributed by atoms with E-state index in [1.165, 1.54) is 11.8 Å². The molecule has 2 fully saturated rings. The third-order valence-corrected chi connectivity index (χ3v) is 14.0. The van der Waals surface area contributed by atoms with E-state index < -0.39 is 41.8 Å². The van der Waals surface area contributed by atoms with Crippen molar-refractivity contribution in [2.45, 2.75) is 110 Å². The number of aliphatic hydroxyl groups excluding tert-OH is 2. The molecule has 0 unspecified atom stereocenters. The molecule has 0 aromatic heterocycles. The molecule has 6 aromatic rings. The summed E-state index contributed by atoms with van der Waals surface area (Å²) in [4.78, 5) is 70.0. The lowest BCUT2D eigenvalue weighted by molar-refractivity contribution is -0.150. The Hall–Kier alpha value is -7.21. The van der Waals surface area contributed by atoms with Gasteiger partial charge in [-0.25, -0.2) is 4.79 Å². The molecule has 2 aliphatic rings. The molecule has 392 valence electrons. The SMILES string of the molecule is CC(=O)C[C@@H](Cc1cccc(-c2ccccc2)c1)[C@H](O)[C@@H]1CCCN(Cc2ccccc2)C1=O.CC(=O)C[C@@H](Cc1cccc(-c2ccccc2)c1)[C@H](O)[C@H]1C(=O)N(Cc2ccccc2)CCN1C(=O)OC(C)(C)C. The summed E-state index contributed by atoms with van der Waals surface area (Å²) in [5.41, 5.74) is 7.60. The standard InChI is InChI=1S/C34H40N2O5.C30H33NO3/c1-24(37)20-29(22-26-14-11-17-28(21-26)27-15-9-6-10-16-27)31(38)30-32(39)35(23-25-12-7-5-8-13-25)18-19-36(30)33(40)41-34(2,3)4;1-22(32)18-27(20-24-12-8-15-26(19-24)25-13-6-3-7-14-25)29(33)28-16-9-17-31(30(28)34)21-23-10-4-2-5-11-23/h5-17,21,29-31,38H,18-20,22-23H2,1-4H3;2-8,10-15,19,27-29,33H,9,16-18,20-21H2,1H3/t29-,30-,31-;27-,28-,29-/m00/s1. The van der Waals surface area contributed by atoms with Crippen molar-refractivity contribution in [3.8, 4) is 22.3 Å². The molecule has 0 aliphatic carbocycles. The van der Waals surface area contributed by atoms with Crippen molar-refractivity contribution in [3.63, 3.8) is 0 Å². The van der Waals surface area contributed by atoms with Crippen LogP contribution in [0.25, 0.3) is 22.3 Å². The van der Waals surface area contributed by atoms with Crippen LogP contribution in [0.3, 0.4) is 0 Å². The van der Waals surface area contributed by atoms with Crippen molar-refractivity contribution in [2.75, 3.05) is 19.6 Å². The van der Waals surface area contributed by atoms with Gasteiger partial charge in [-0.05, 0) is 117 Å². The second kappa shape index (κ2) is 26.3. The van der Waals surface area contributed by atoms with E-state index in [1.807, 2.05) is 150 Å². The van der Waals surface area contributed by atoms with E-state index in [2.05, 4.69) is 24.3 Å². The van der Waals surface area contributed by atoms with Crippen LogP contribution in [0.5, 0.6) is 0 Å².